The van der Waals surface area contributed by atoms with Crippen molar-refractivity contribution in [3.8, 4) is 0 Å². The zero-order chi connectivity index (χ0) is 17.1. The van der Waals surface area contributed by atoms with Gasteiger partial charge in [-0.15, -0.1) is 0 Å². The Morgan fingerprint density at radius 2 is 1.83 bits per heavy atom. The van der Waals surface area contributed by atoms with Crippen molar-refractivity contribution >= 4 is 11.4 Å². The highest BCUT2D eigenvalue weighted by atomic mass is 19.1. The molecular weight excluding hydrogens is 301 g/mol. The van der Waals surface area contributed by atoms with Crippen LogP contribution in [0.25, 0.3) is 5.65 Å². The molecule has 0 aliphatic carbocycles. The molecule has 0 saturated heterocycles. The maximum atomic E-state index is 14.7. The highest BCUT2D eigenvalue weighted by Gasteiger charge is 2.45. The molecule has 4 rings (SSSR count). The third-order valence-electron chi connectivity index (χ3n) is 5.46. The van der Waals surface area contributed by atoms with E-state index in [9.17, 15) is 4.39 Å². The van der Waals surface area contributed by atoms with Crippen LogP contribution in [0.2, 0.25) is 0 Å². The fourth-order valence-electron chi connectivity index (χ4n) is 3.41. The molecule has 3 nitrogen and oxygen atoms in total. The molecule has 0 N–H and O–H groups in total. The molecular formula is C20H20FN3. The summed E-state index contributed by atoms with van der Waals surface area (Å²) in [6, 6.07) is 9.14. The van der Waals surface area contributed by atoms with E-state index in [2.05, 4.69) is 32.7 Å². The van der Waals surface area contributed by atoms with Gasteiger partial charge in [-0.1, -0.05) is 26.0 Å². The second-order valence-corrected chi connectivity index (χ2v) is 7.42. The number of rotatable bonds is 1. The molecule has 1 aromatic carbocycles. The smallest absolute Gasteiger partial charge is 0.136 e. The van der Waals surface area contributed by atoms with Gasteiger partial charge in [0.2, 0.25) is 0 Å². The van der Waals surface area contributed by atoms with Gasteiger partial charge in [-0.2, -0.15) is 0 Å². The minimum absolute atomic E-state index is 0.173. The summed E-state index contributed by atoms with van der Waals surface area (Å²) in [5, 5.41) is 0. The number of fused-ring (bicyclic) bond motifs is 2. The summed E-state index contributed by atoms with van der Waals surface area (Å²) >= 11 is 0. The number of hydrogen-bond donors (Lipinski definition) is 0. The van der Waals surface area contributed by atoms with Gasteiger partial charge in [0.15, 0.2) is 0 Å². The number of halogens is 1. The number of aliphatic imine (C=N–C) groups is 1. The molecule has 0 bridgehead atoms. The molecule has 0 fully saturated rings. The van der Waals surface area contributed by atoms with E-state index in [1.165, 1.54) is 6.07 Å². The Hall–Kier alpha value is -2.49. The second kappa shape index (κ2) is 4.76. The Kier molecular flexibility index (Phi) is 2.99. The number of nitrogens with zero attached hydrogens (tertiary/aromatic N) is 3. The van der Waals surface area contributed by atoms with E-state index in [1.54, 1.807) is 6.07 Å². The molecule has 2 aromatic heterocycles. The van der Waals surface area contributed by atoms with E-state index in [4.69, 9.17) is 4.99 Å². The van der Waals surface area contributed by atoms with Gasteiger partial charge in [-0.05, 0) is 32.0 Å². The lowest BCUT2D eigenvalue weighted by atomic mass is 9.65. The lowest BCUT2D eigenvalue weighted by molar-refractivity contribution is 0.293. The molecule has 1 aliphatic heterocycles. The summed E-state index contributed by atoms with van der Waals surface area (Å²) in [6.07, 6.45) is 5.78. The summed E-state index contributed by atoms with van der Waals surface area (Å²) in [4.78, 5) is 9.49. The molecule has 24 heavy (non-hydrogen) atoms. The Morgan fingerprint density at radius 3 is 2.62 bits per heavy atom. The van der Waals surface area contributed by atoms with Crippen molar-refractivity contribution in [1.29, 1.82) is 0 Å². The molecule has 1 aliphatic rings. The molecule has 0 amide bonds. The van der Waals surface area contributed by atoms with Crippen LogP contribution in [-0.2, 0) is 5.41 Å². The predicted octanol–water partition coefficient (Wildman–Crippen LogP) is 4.38. The van der Waals surface area contributed by atoms with Gasteiger partial charge < -0.3 is 4.40 Å². The number of aromatic nitrogens is 2. The summed E-state index contributed by atoms with van der Waals surface area (Å²) in [7, 11) is 0. The minimum Gasteiger partial charge on any atom is -0.308 e. The Bertz CT molecular complexity index is 979. The Balaban J connectivity index is 2.01. The molecule has 122 valence electrons. The Morgan fingerprint density at radius 1 is 1.04 bits per heavy atom. The monoisotopic (exact) mass is 321 g/mol. The molecule has 3 heterocycles. The maximum absolute atomic E-state index is 14.7. The quantitative estimate of drug-likeness (QED) is 0.654. The number of benzene rings is 1. The van der Waals surface area contributed by atoms with Crippen molar-refractivity contribution < 1.29 is 4.39 Å². The molecule has 0 radical (unpaired) electrons. The Labute approximate surface area is 140 Å². The average Bonchev–Trinajstić information content (AvgIpc) is 2.98. The van der Waals surface area contributed by atoms with E-state index in [-0.39, 0.29) is 5.82 Å². The van der Waals surface area contributed by atoms with Gasteiger partial charge in [-0.25, -0.2) is 9.37 Å². The maximum Gasteiger partial charge on any atom is 0.136 e. The molecule has 0 saturated carbocycles. The fourth-order valence-corrected chi connectivity index (χ4v) is 3.41. The highest BCUT2D eigenvalue weighted by molar-refractivity contribution is 6.14. The van der Waals surface area contributed by atoms with Crippen molar-refractivity contribution in [2.75, 3.05) is 0 Å². The first-order chi connectivity index (χ1) is 11.3. The summed E-state index contributed by atoms with van der Waals surface area (Å²) in [5.41, 5.74) is 3.34. The zero-order valence-electron chi connectivity index (χ0n) is 14.3. The summed E-state index contributed by atoms with van der Waals surface area (Å²) in [6.45, 7) is 8.24. The van der Waals surface area contributed by atoms with Gasteiger partial charge >= 0.3 is 0 Å². The topological polar surface area (TPSA) is 29.7 Å². The van der Waals surface area contributed by atoms with Crippen LogP contribution in [-0.4, -0.2) is 20.6 Å². The largest absolute Gasteiger partial charge is 0.308 e. The predicted molar refractivity (Wildman–Crippen MR) is 94.3 cm³/mol. The van der Waals surface area contributed by atoms with Gasteiger partial charge in [0, 0.05) is 40.7 Å². The van der Waals surface area contributed by atoms with Crippen LogP contribution in [0.5, 0.6) is 0 Å². The van der Waals surface area contributed by atoms with Gasteiger partial charge in [0.05, 0.1) is 11.3 Å². The molecule has 3 aromatic rings. The zero-order valence-corrected chi connectivity index (χ0v) is 14.3. The number of hydrogen-bond acceptors (Lipinski definition) is 2. The van der Waals surface area contributed by atoms with E-state index in [1.807, 2.05) is 41.2 Å². The second-order valence-electron chi connectivity index (χ2n) is 7.42. The average molecular weight is 321 g/mol. The third kappa shape index (κ3) is 1.95. The van der Waals surface area contributed by atoms with Crippen LogP contribution in [0, 0.1) is 5.82 Å². The van der Waals surface area contributed by atoms with Crippen molar-refractivity contribution in [3.63, 3.8) is 0 Å². The van der Waals surface area contributed by atoms with Gasteiger partial charge in [0.1, 0.15) is 11.5 Å². The van der Waals surface area contributed by atoms with E-state index in [0.717, 1.165) is 28.0 Å². The van der Waals surface area contributed by atoms with E-state index in [0.29, 0.717) is 0 Å². The SMILES string of the molecule is CC1(C)N=C(c2cnc3cccn3c2)c2cccc(F)c2C1(C)C. The van der Waals surface area contributed by atoms with Crippen LogP contribution in [0.4, 0.5) is 4.39 Å². The lowest BCUT2D eigenvalue weighted by Gasteiger charge is -2.44. The molecule has 0 spiro atoms. The summed E-state index contributed by atoms with van der Waals surface area (Å²) < 4.78 is 16.7. The normalized spacial score (nSPS) is 18.3. The first kappa shape index (κ1) is 15.1. The van der Waals surface area contributed by atoms with Crippen molar-refractivity contribution in [1.82, 2.24) is 9.38 Å². The highest BCUT2D eigenvalue weighted by Crippen LogP contribution is 2.44. The van der Waals surface area contributed by atoms with Crippen LogP contribution in [0.15, 0.2) is 53.9 Å². The van der Waals surface area contributed by atoms with Crippen LogP contribution in [0.1, 0.15) is 44.4 Å². The third-order valence-corrected chi connectivity index (χ3v) is 5.46. The molecule has 0 unspecified atom stereocenters. The lowest BCUT2D eigenvalue weighted by Crippen LogP contribution is -2.46. The van der Waals surface area contributed by atoms with Gasteiger partial charge in [0.25, 0.3) is 0 Å². The van der Waals surface area contributed by atoms with Crippen LogP contribution >= 0.6 is 0 Å². The molecule has 0 atom stereocenters. The standard InChI is InChI=1S/C20H20FN3/c1-19(2)17-14(7-5-8-15(17)21)18(23-20(19,3)4)13-11-22-16-9-6-10-24(16)12-13/h5-12H,1-4H3. The van der Waals surface area contributed by atoms with Crippen molar-refractivity contribution in [2.24, 2.45) is 4.99 Å². The molecule has 4 heteroatoms. The minimum atomic E-state index is -0.427. The van der Waals surface area contributed by atoms with Crippen LogP contribution < -0.4 is 0 Å². The van der Waals surface area contributed by atoms with Crippen molar-refractivity contribution in [3.05, 3.63) is 71.4 Å². The van der Waals surface area contributed by atoms with E-state index < -0.39 is 11.0 Å². The van der Waals surface area contributed by atoms with E-state index >= 15 is 0 Å². The van der Waals surface area contributed by atoms with Crippen molar-refractivity contribution in [2.45, 2.75) is 38.6 Å². The summed E-state index contributed by atoms with van der Waals surface area (Å²) in [5.74, 6) is -0.173. The van der Waals surface area contributed by atoms with Gasteiger partial charge in [-0.3, -0.25) is 4.99 Å². The first-order valence-electron chi connectivity index (χ1n) is 8.13. The fraction of sp³-hybridized carbons (Fsp3) is 0.300. The first-order valence-corrected chi connectivity index (χ1v) is 8.13. The van der Waals surface area contributed by atoms with Crippen LogP contribution in [0.3, 0.4) is 0 Å².